The first-order chi connectivity index (χ1) is 9.42. The van der Waals surface area contributed by atoms with Crippen LogP contribution in [0.1, 0.15) is 44.1 Å². The van der Waals surface area contributed by atoms with E-state index in [1.54, 1.807) is 19.1 Å². The van der Waals surface area contributed by atoms with Gasteiger partial charge in [0.05, 0.1) is 0 Å². The molecule has 1 amide bonds. The molecule has 1 heterocycles. The van der Waals surface area contributed by atoms with E-state index in [2.05, 4.69) is 15.6 Å². The number of anilines is 1. The Balaban J connectivity index is 2.94. The summed E-state index contributed by atoms with van der Waals surface area (Å²) in [6, 6.07) is 3.21. The van der Waals surface area contributed by atoms with Crippen LogP contribution in [-0.4, -0.2) is 34.1 Å². The summed E-state index contributed by atoms with van der Waals surface area (Å²) >= 11 is 0. The number of carbonyl (C=O) groups excluding carboxylic acids is 1. The van der Waals surface area contributed by atoms with E-state index in [1.807, 2.05) is 13.8 Å². The Morgan fingerprint density at radius 1 is 1.40 bits per heavy atom. The molecule has 0 aromatic carbocycles. The van der Waals surface area contributed by atoms with Crippen LogP contribution in [0.15, 0.2) is 18.3 Å². The number of rotatable bonds is 7. The number of nitrogens with one attached hydrogen (secondary N) is 2. The van der Waals surface area contributed by atoms with E-state index in [4.69, 9.17) is 0 Å². The second-order valence-electron chi connectivity index (χ2n) is 4.80. The molecule has 1 rings (SSSR count). The normalized spacial score (nSPS) is 13.3. The highest BCUT2D eigenvalue weighted by Gasteiger charge is 2.32. The van der Waals surface area contributed by atoms with Gasteiger partial charge in [0.1, 0.15) is 11.2 Å². The van der Waals surface area contributed by atoms with Crippen LogP contribution in [-0.2, 0) is 4.79 Å². The lowest BCUT2D eigenvalue weighted by atomic mass is 9.96. The largest absolute Gasteiger partial charge is 0.480 e. The lowest BCUT2D eigenvalue weighted by Gasteiger charge is -2.27. The van der Waals surface area contributed by atoms with Crippen molar-refractivity contribution in [2.24, 2.45) is 0 Å². The third-order valence-corrected chi connectivity index (χ3v) is 2.97. The van der Waals surface area contributed by atoms with Gasteiger partial charge in [-0.2, -0.15) is 0 Å². The molecule has 0 radical (unpaired) electrons. The number of pyridine rings is 1. The number of hydrogen-bond acceptors (Lipinski definition) is 4. The highest BCUT2D eigenvalue weighted by atomic mass is 16.4. The van der Waals surface area contributed by atoms with Crippen molar-refractivity contribution in [3.05, 3.63) is 24.0 Å². The van der Waals surface area contributed by atoms with Crippen molar-refractivity contribution in [2.45, 2.75) is 39.2 Å². The molecule has 0 aliphatic carbocycles. The number of amides is 1. The van der Waals surface area contributed by atoms with Crippen molar-refractivity contribution in [3.63, 3.8) is 0 Å². The number of carbonyl (C=O) groups is 2. The minimum absolute atomic E-state index is 0.265. The summed E-state index contributed by atoms with van der Waals surface area (Å²) in [6.45, 7) is 5.89. The van der Waals surface area contributed by atoms with Crippen LogP contribution >= 0.6 is 0 Å². The average molecular weight is 279 g/mol. The molecular formula is C14H21N3O3. The Bertz CT molecular complexity index is 490. The fourth-order valence-corrected chi connectivity index (χ4v) is 1.93. The minimum atomic E-state index is -1.06. The van der Waals surface area contributed by atoms with Crippen LogP contribution in [0.25, 0.3) is 0 Å². The van der Waals surface area contributed by atoms with Gasteiger partial charge in [0.25, 0.3) is 5.91 Å². The molecule has 1 atom stereocenters. The number of hydrogen-bond donors (Lipinski definition) is 3. The van der Waals surface area contributed by atoms with Crippen LogP contribution in [0.2, 0.25) is 0 Å². The van der Waals surface area contributed by atoms with E-state index in [0.29, 0.717) is 18.7 Å². The third-order valence-electron chi connectivity index (χ3n) is 2.97. The standard InChI is InChI=1S/C14H21N3O3/c1-4-7-14(3,13(19)20)17-10-6-8-16-11(9-10)12(18)15-5-2/h6,8-9H,4-5,7H2,1-3H3,(H,15,18)(H,16,17)(H,19,20). The Morgan fingerprint density at radius 3 is 2.65 bits per heavy atom. The topological polar surface area (TPSA) is 91.3 Å². The van der Waals surface area contributed by atoms with Crippen molar-refractivity contribution in [3.8, 4) is 0 Å². The van der Waals surface area contributed by atoms with E-state index in [0.717, 1.165) is 6.42 Å². The van der Waals surface area contributed by atoms with Gasteiger partial charge in [-0.3, -0.25) is 9.78 Å². The van der Waals surface area contributed by atoms with Gasteiger partial charge in [0, 0.05) is 18.4 Å². The van der Waals surface area contributed by atoms with E-state index in [-0.39, 0.29) is 11.6 Å². The zero-order valence-corrected chi connectivity index (χ0v) is 12.1. The van der Waals surface area contributed by atoms with Gasteiger partial charge >= 0.3 is 5.97 Å². The molecule has 0 saturated heterocycles. The lowest BCUT2D eigenvalue weighted by Crippen LogP contribution is -2.43. The van der Waals surface area contributed by atoms with Gasteiger partial charge < -0.3 is 15.7 Å². The molecule has 20 heavy (non-hydrogen) atoms. The lowest BCUT2D eigenvalue weighted by molar-refractivity contribution is -0.141. The maximum atomic E-state index is 11.7. The molecule has 1 aromatic rings. The molecule has 1 unspecified atom stereocenters. The first-order valence-electron chi connectivity index (χ1n) is 6.68. The van der Waals surface area contributed by atoms with E-state index in [9.17, 15) is 14.7 Å². The third kappa shape index (κ3) is 3.94. The summed E-state index contributed by atoms with van der Waals surface area (Å²) in [7, 11) is 0. The van der Waals surface area contributed by atoms with E-state index in [1.165, 1.54) is 6.20 Å². The Kier molecular flexibility index (Phi) is 5.49. The number of aromatic nitrogens is 1. The maximum Gasteiger partial charge on any atom is 0.329 e. The highest BCUT2D eigenvalue weighted by molar-refractivity contribution is 5.93. The van der Waals surface area contributed by atoms with Gasteiger partial charge in [0.15, 0.2) is 0 Å². The van der Waals surface area contributed by atoms with E-state index >= 15 is 0 Å². The SMILES string of the molecule is CCCC(C)(Nc1ccnc(C(=O)NCC)c1)C(=O)O. The molecule has 110 valence electrons. The number of carboxylic acid groups (broad SMARTS) is 1. The Hall–Kier alpha value is -2.11. The van der Waals surface area contributed by atoms with Crippen LogP contribution in [0.4, 0.5) is 5.69 Å². The van der Waals surface area contributed by atoms with Gasteiger partial charge in [0.2, 0.25) is 0 Å². The molecule has 6 heteroatoms. The zero-order valence-electron chi connectivity index (χ0n) is 12.1. The van der Waals surface area contributed by atoms with Gasteiger partial charge in [-0.25, -0.2) is 4.79 Å². The number of aliphatic carboxylic acids is 1. The predicted octanol–water partition coefficient (Wildman–Crippen LogP) is 1.89. The highest BCUT2D eigenvalue weighted by Crippen LogP contribution is 2.20. The molecule has 0 spiro atoms. The number of carboxylic acids is 1. The van der Waals surface area contributed by atoms with E-state index < -0.39 is 11.5 Å². The van der Waals surface area contributed by atoms with Crippen LogP contribution < -0.4 is 10.6 Å². The molecule has 0 aliphatic rings. The van der Waals surface area contributed by atoms with Crippen molar-refractivity contribution in [1.29, 1.82) is 0 Å². The molecule has 1 aromatic heterocycles. The minimum Gasteiger partial charge on any atom is -0.480 e. The first-order valence-corrected chi connectivity index (χ1v) is 6.68. The number of nitrogens with zero attached hydrogens (tertiary/aromatic N) is 1. The first kappa shape index (κ1) is 15.9. The van der Waals surface area contributed by atoms with Gasteiger partial charge in [-0.1, -0.05) is 13.3 Å². The Morgan fingerprint density at radius 2 is 2.10 bits per heavy atom. The molecular weight excluding hydrogens is 258 g/mol. The van der Waals surface area contributed by atoms with Crippen LogP contribution in [0, 0.1) is 0 Å². The smallest absolute Gasteiger partial charge is 0.329 e. The second-order valence-corrected chi connectivity index (χ2v) is 4.80. The average Bonchev–Trinajstić information content (AvgIpc) is 2.39. The fraction of sp³-hybridized carbons (Fsp3) is 0.500. The van der Waals surface area contributed by atoms with Crippen LogP contribution in [0.5, 0.6) is 0 Å². The second kappa shape index (κ2) is 6.88. The predicted molar refractivity (Wildman–Crippen MR) is 76.8 cm³/mol. The molecule has 0 bridgehead atoms. The summed E-state index contributed by atoms with van der Waals surface area (Å²) in [6.07, 6.45) is 2.71. The molecule has 0 saturated carbocycles. The van der Waals surface area contributed by atoms with Crippen molar-refractivity contribution < 1.29 is 14.7 Å². The van der Waals surface area contributed by atoms with Crippen LogP contribution in [0.3, 0.4) is 0 Å². The van der Waals surface area contributed by atoms with Crippen molar-refractivity contribution >= 4 is 17.6 Å². The monoisotopic (exact) mass is 279 g/mol. The molecule has 6 nitrogen and oxygen atoms in total. The van der Waals surface area contributed by atoms with Crippen molar-refractivity contribution in [1.82, 2.24) is 10.3 Å². The zero-order chi connectivity index (χ0) is 15.2. The quantitative estimate of drug-likeness (QED) is 0.709. The molecule has 0 aliphatic heterocycles. The summed E-state index contributed by atoms with van der Waals surface area (Å²) in [4.78, 5) is 27.1. The van der Waals surface area contributed by atoms with Gasteiger partial charge in [-0.05, 0) is 32.4 Å². The summed E-state index contributed by atoms with van der Waals surface area (Å²) < 4.78 is 0. The summed E-state index contributed by atoms with van der Waals surface area (Å²) in [5.41, 5.74) is -0.227. The van der Waals surface area contributed by atoms with Gasteiger partial charge in [-0.15, -0.1) is 0 Å². The Labute approximate surface area is 118 Å². The maximum absolute atomic E-state index is 11.7. The molecule has 3 N–H and O–H groups in total. The summed E-state index contributed by atoms with van der Waals surface area (Å²) in [5, 5.41) is 15.0. The fourth-order valence-electron chi connectivity index (χ4n) is 1.93. The molecule has 0 fully saturated rings. The van der Waals surface area contributed by atoms with Crippen molar-refractivity contribution in [2.75, 3.05) is 11.9 Å². The summed E-state index contributed by atoms with van der Waals surface area (Å²) in [5.74, 6) is -1.20.